The Hall–Kier alpha value is -1.76. The van der Waals surface area contributed by atoms with Gasteiger partial charge in [0.25, 0.3) is 0 Å². The monoisotopic (exact) mass is 676 g/mol. The first-order valence-electron chi connectivity index (χ1n) is 13.6. The lowest BCUT2D eigenvalue weighted by molar-refractivity contribution is -0.137. The molecule has 0 bridgehead atoms. The lowest BCUT2D eigenvalue weighted by Crippen LogP contribution is -2.53. The highest BCUT2D eigenvalue weighted by Gasteiger charge is 2.54. The lowest BCUT2D eigenvalue weighted by Gasteiger charge is -2.48. The maximum Gasteiger partial charge on any atom is 0.418 e. The van der Waals surface area contributed by atoms with Gasteiger partial charge in [0.15, 0.2) is 5.17 Å². The lowest BCUT2D eigenvalue weighted by atomic mass is 9.73. The number of hydrogen-bond acceptors (Lipinski definition) is 7. The minimum atomic E-state index is -1.74. The van der Waals surface area contributed by atoms with Gasteiger partial charge in [-0.25, -0.2) is 28.3 Å². The number of nitrogens with zero attached hydrogens (tertiary/aromatic N) is 2. The van der Waals surface area contributed by atoms with Crippen molar-refractivity contribution in [1.29, 1.82) is 0 Å². The molecule has 3 atom stereocenters. The van der Waals surface area contributed by atoms with Crippen LogP contribution >= 0.6 is 27.7 Å². The van der Waals surface area contributed by atoms with E-state index in [9.17, 15) is 9.59 Å². The van der Waals surface area contributed by atoms with Crippen LogP contribution in [-0.4, -0.2) is 67.2 Å². The summed E-state index contributed by atoms with van der Waals surface area (Å²) < 4.78 is 47.0. The van der Waals surface area contributed by atoms with E-state index in [4.69, 9.17) is 19.2 Å². The smallest absolute Gasteiger partial charge is 0.418 e. The number of hydrogen-bond donors (Lipinski definition) is 0. The van der Waals surface area contributed by atoms with E-state index in [1.54, 1.807) is 47.6 Å². The second-order valence-corrected chi connectivity index (χ2v) is 20.4. The predicted molar refractivity (Wildman–Crippen MR) is 167 cm³/mol. The Morgan fingerprint density at radius 2 is 1.93 bits per heavy atom. The van der Waals surface area contributed by atoms with E-state index in [0.29, 0.717) is 11.1 Å². The first kappa shape index (κ1) is 35.4. The number of amides is 1. The van der Waals surface area contributed by atoms with Crippen LogP contribution in [0.25, 0.3) is 0 Å². The normalized spacial score (nSPS) is 23.3. The van der Waals surface area contributed by atoms with Crippen molar-refractivity contribution >= 4 is 53.0 Å². The van der Waals surface area contributed by atoms with E-state index in [0.717, 1.165) is 17.8 Å². The van der Waals surface area contributed by atoms with Crippen molar-refractivity contribution in [1.82, 2.24) is 4.90 Å². The highest BCUT2D eigenvalue weighted by atomic mass is 79.9. The van der Waals surface area contributed by atoms with Crippen molar-refractivity contribution in [2.24, 2.45) is 10.9 Å². The van der Waals surface area contributed by atoms with E-state index in [-0.39, 0.29) is 24.1 Å². The summed E-state index contributed by atoms with van der Waals surface area (Å²) in [5.74, 6) is -1.88. The van der Waals surface area contributed by atoms with Gasteiger partial charge >= 0.3 is 12.1 Å². The molecule has 0 aliphatic carbocycles. The topological polar surface area (TPSA) is 77.4 Å². The average Bonchev–Trinajstić information content (AvgIpc) is 2.85. The van der Waals surface area contributed by atoms with Crippen LogP contribution in [-0.2, 0) is 24.5 Å². The SMILES string of the molecule is CCOC(=O)/C=C/[C@@]1(C)SC(N(COCC[Si](C)(C)C)C(=O)OC(C)(C)C)=N[C@](CF)(c2cc(Br)ccc2F)[C@@H]1C. The van der Waals surface area contributed by atoms with E-state index in [2.05, 4.69) is 35.6 Å². The molecule has 0 N–H and O–H groups in total. The molecule has 41 heavy (non-hydrogen) atoms. The van der Waals surface area contributed by atoms with Crippen molar-refractivity contribution < 1.29 is 32.6 Å². The summed E-state index contributed by atoms with van der Waals surface area (Å²) in [6, 6.07) is 5.14. The van der Waals surface area contributed by atoms with Crippen molar-refractivity contribution in [2.45, 2.75) is 83.1 Å². The number of alkyl halides is 1. The third-order valence-electron chi connectivity index (χ3n) is 6.68. The molecule has 0 saturated carbocycles. The summed E-state index contributed by atoms with van der Waals surface area (Å²) in [5.41, 5.74) is -2.54. The van der Waals surface area contributed by atoms with Crippen molar-refractivity contribution in [3.05, 3.63) is 46.2 Å². The van der Waals surface area contributed by atoms with Crippen molar-refractivity contribution in [3.8, 4) is 0 Å². The fourth-order valence-electron chi connectivity index (χ4n) is 4.14. The average molecular weight is 678 g/mol. The number of rotatable bonds is 10. The molecule has 230 valence electrons. The molecule has 0 unspecified atom stereocenters. The van der Waals surface area contributed by atoms with Crippen LogP contribution in [0.2, 0.25) is 25.7 Å². The van der Waals surface area contributed by atoms with Gasteiger partial charge in [-0.05, 0) is 58.9 Å². The number of benzene rings is 1. The second kappa shape index (κ2) is 14.1. The van der Waals surface area contributed by atoms with Crippen molar-refractivity contribution in [2.75, 3.05) is 26.6 Å². The molecule has 0 saturated heterocycles. The Labute approximate surface area is 256 Å². The van der Waals surface area contributed by atoms with Gasteiger partial charge < -0.3 is 14.2 Å². The predicted octanol–water partition coefficient (Wildman–Crippen LogP) is 7.92. The fourth-order valence-corrected chi connectivity index (χ4v) is 6.61. The van der Waals surface area contributed by atoms with Gasteiger partial charge in [0.2, 0.25) is 0 Å². The van der Waals surface area contributed by atoms with E-state index in [1.165, 1.54) is 29.2 Å². The highest BCUT2D eigenvalue weighted by molar-refractivity contribution is 9.10. The standard InChI is InChI=1S/C29H43BrF2N2O5SSi/c1-10-38-24(35)13-14-28(6)20(2)29(18-31,22-17-21(30)11-12-23(22)32)33-25(40-28)34(26(36)39-27(3,4)5)19-37-15-16-41(7,8)9/h11-14,17,20H,10,15-16,18-19H2,1-9H3/b14-13+/t20-,28-,29+/m1/s1. The Bertz CT molecular complexity index is 1160. The van der Waals surface area contributed by atoms with Gasteiger partial charge in [-0.3, -0.25) is 0 Å². The zero-order valence-electron chi connectivity index (χ0n) is 25.5. The third kappa shape index (κ3) is 9.62. The molecule has 1 aromatic carbocycles. The molecule has 1 aromatic rings. The van der Waals surface area contributed by atoms with Crippen LogP contribution in [0.1, 0.15) is 47.1 Å². The van der Waals surface area contributed by atoms with Gasteiger partial charge in [-0.1, -0.05) is 60.3 Å². The molecular weight excluding hydrogens is 634 g/mol. The van der Waals surface area contributed by atoms with Gasteiger partial charge in [0.05, 0.1) is 6.61 Å². The number of amidine groups is 1. The molecular formula is C29H43BrF2N2O5SSi. The first-order valence-corrected chi connectivity index (χ1v) is 18.9. The van der Waals surface area contributed by atoms with Crippen LogP contribution in [0, 0.1) is 11.7 Å². The summed E-state index contributed by atoms with van der Waals surface area (Å²) in [7, 11) is -1.42. The van der Waals surface area contributed by atoms with E-state index in [1.807, 2.05) is 0 Å². The third-order valence-corrected chi connectivity index (χ3v) is 10.3. The highest BCUT2D eigenvalue weighted by Crippen LogP contribution is 2.53. The van der Waals surface area contributed by atoms with Crippen LogP contribution in [0.5, 0.6) is 0 Å². The summed E-state index contributed by atoms with van der Waals surface area (Å²) in [5, 5.41) is 0.0957. The first-order chi connectivity index (χ1) is 18.9. The molecule has 0 radical (unpaired) electrons. The molecule has 1 amide bonds. The minimum Gasteiger partial charge on any atom is -0.463 e. The molecule has 7 nitrogen and oxygen atoms in total. The van der Waals surface area contributed by atoms with Gasteiger partial charge in [0, 0.05) is 41.5 Å². The number of ether oxygens (including phenoxy) is 3. The van der Waals surface area contributed by atoms with E-state index >= 15 is 8.78 Å². The summed E-state index contributed by atoms with van der Waals surface area (Å²) >= 11 is 4.53. The van der Waals surface area contributed by atoms with Gasteiger partial charge in [0.1, 0.15) is 30.4 Å². The molecule has 0 aromatic heterocycles. The maximum absolute atomic E-state index is 15.4. The molecule has 12 heteroatoms. The summed E-state index contributed by atoms with van der Waals surface area (Å²) in [6.07, 6.45) is 2.15. The number of carbonyl (C=O) groups excluding carboxylic acids is 2. The number of thioether (sulfide) groups is 1. The van der Waals surface area contributed by atoms with Crippen molar-refractivity contribution in [3.63, 3.8) is 0 Å². The van der Waals surface area contributed by atoms with Crippen LogP contribution in [0.4, 0.5) is 13.6 Å². The van der Waals surface area contributed by atoms with Gasteiger partial charge in [-0.2, -0.15) is 0 Å². The minimum absolute atomic E-state index is 0.0271. The number of aliphatic imine (C=N–C) groups is 1. The Morgan fingerprint density at radius 3 is 2.49 bits per heavy atom. The fraction of sp³-hybridized carbons (Fsp3) is 0.621. The number of halogens is 3. The Balaban J connectivity index is 2.73. The van der Waals surface area contributed by atoms with E-state index < -0.39 is 54.4 Å². The number of carbonyl (C=O) groups is 2. The molecule has 1 aliphatic heterocycles. The number of esters is 1. The largest absolute Gasteiger partial charge is 0.463 e. The van der Waals surface area contributed by atoms with Crippen LogP contribution in [0.15, 0.2) is 39.8 Å². The molecule has 1 aliphatic rings. The molecule has 1 heterocycles. The van der Waals surface area contributed by atoms with Crippen LogP contribution < -0.4 is 0 Å². The second-order valence-electron chi connectivity index (χ2n) is 12.4. The zero-order chi connectivity index (χ0) is 31.2. The Kier molecular flexibility index (Phi) is 12.2. The zero-order valence-corrected chi connectivity index (χ0v) is 28.9. The summed E-state index contributed by atoms with van der Waals surface area (Å²) in [4.78, 5) is 31.8. The van der Waals surface area contributed by atoms with Crippen LogP contribution in [0.3, 0.4) is 0 Å². The molecule has 0 fully saturated rings. The molecule has 2 rings (SSSR count). The summed E-state index contributed by atoms with van der Waals surface area (Å²) in [6.45, 7) is 16.5. The quantitative estimate of drug-likeness (QED) is 0.0824. The Morgan fingerprint density at radius 1 is 1.27 bits per heavy atom. The van der Waals surface area contributed by atoms with Gasteiger partial charge in [-0.15, -0.1) is 0 Å². The maximum atomic E-state index is 15.4. The molecule has 0 spiro atoms.